The summed E-state index contributed by atoms with van der Waals surface area (Å²) in [6.07, 6.45) is 5.60. The summed E-state index contributed by atoms with van der Waals surface area (Å²) in [6, 6.07) is 0.200. The topological polar surface area (TPSA) is 74.5 Å². The molecule has 0 spiro atoms. The minimum atomic E-state index is 0.200. The minimum Gasteiger partial charge on any atom is -0.340 e. The Morgan fingerprint density at radius 1 is 1.44 bits per heavy atom. The molecule has 0 bridgehead atoms. The van der Waals surface area contributed by atoms with Crippen LogP contribution in [0, 0.1) is 0 Å². The van der Waals surface area contributed by atoms with Crippen molar-refractivity contribution in [1.82, 2.24) is 24.3 Å². The normalized spacial score (nSPS) is 19.8. The van der Waals surface area contributed by atoms with E-state index >= 15 is 0 Å². The zero-order valence-electron chi connectivity index (χ0n) is 9.17. The van der Waals surface area contributed by atoms with Gasteiger partial charge < -0.3 is 14.9 Å². The van der Waals surface area contributed by atoms with Crippen molar-refractivity contribution in [2.75, 3.05) is 0 Å². The van der Waals surface area contributed by atoms with Gasteiger partial charge in [0.05, 0.1) is 6.33 Å². The number of nitrogens with two attached hydrogens (primary N) is 1. The van der Waals surface area contributed by atoms with Gasteiger partial charge in [-0.25, -0.2) is 4.98 Å². The number of imidazole rings is 1. The van der Waals surface area contributed by atoms with Crippen molar-refractivity contribution in [2.45, 2.75) is 25.4 Å². The molecule has 6 nitrogen and oxygen atoms in total. The van der Waals surface area contributed by atoms with Crippen LogP contribution in [0.3, 0.4) is 0 Å². The smallest absolute Gasteiger partial charge is 0.184 e. The fourth-order valence-corrected chi connectivity index (χ4v) is 2.07. The molecule has 84 valence electrons. The molecule has 0 aromatic carbocycles. The summed E-state index contributed by atoms with van der Waals surface area (Å²) >= 11 is 0. The number of nitrogens with zero attached hydrogens (tertiary/aromatic N) is 5. The average molecular weight is 218 g/mol. The predicted molar refractivity (Wildman–Crippen MR) is 58.5 cm³/mol. The standard InChI is InChI=1S/C10H14N6/c1-15-5-8(12-6-15)10-14-13-9-3-2-7(11)4-16(9)10/h5-7H,2-4,11H2,1H3. The van der Waals surface area contributed by atoms with Crippen molar-refractivity contribution in [3.8, 4) is 11.5 Å². The predicted octanol–water partition coefficient (Wildman–Crippen LogP) is -0.0479. The molecule has 6 heteroatoms. The lowest BCUT2D eigenvalue weighted by Crippen LogP contribution is -2.32. The van der Waals surface area contributed by atoms with Crippen molar-refractivity contribution in [1.29, 1.82) is 0 Å². The van der Waals surface area contributed by atoms with Crippen molar-refractivity contribution in [2.24, 2.45) is 12.8 Å². The monoisotopic (exact) mass is 218 g/mol. The van der Waals surface area contributed by atoms with E-state index in [0.717, 1.165) is 36.7 Å². The zero-order chi connectivity index (χ0) is 11.1. The van der Waals surface area contributed by atoms with Crippen LogP contribution in [0.5, 0.6) is 0 Å². The summed E-state index contributed by atoms with van der Waals surface area (Å²) in [5.41, 5.74) is 6.82. The van der Waals surface area contributed by atoms with Gasteiger partial charge in [-0.2, -0.15) is 0 Å². The first-order chi connectivity index (χ1) is 7.74. The number of rotatable bonds is 1. The van der Waals surface area contributed by atoms with Crippen LogP contribution in [0.1, 0.15) is 12.2 Å². The Bertz CT molecular complexity index is 511. The SMILES string of the molecule is Cn1cnc(-c2nnc3n2CC(N)CC3)c1. The van der Waals surface area contributed by atoms with Gasteiger partial charge in [0.15, 0.2) is 5.82 Å². The zero-order valence-corrected chi connectivity index (χ0v) is 9.17. The molecule has 0 radical (unpaired) electrons. The van der Waals surface area contributed by atoms with E-state index in [0.29, 0.717) is 0 Å². The van der Waals surface area contributed by atoms with Crippen LogP contribution in [0.25, 0.3) is 11.5 Å². The first-order valence-corrected chi connectivity index (χ1v) is 5.40. The van der Waals surface area contributed by atoms with Gasteiger partial charge in [-0.3, -0.25) is 0 Å². The van der Waals surface area contributed by atoms with Crippen molar-refractivity contribution in [3.63, 3.8) is 0 Å². The van der Waals surface area contributed by atoms with E-state index in [4.69, 9.17) is 5.73 Å². The third-order valence-corrected chi connectivity index (χ3v) is 2.92. The van der Waals surface area contributed by atoms with Gasteiger partial charge >= 0.3 is 0 Å². The molecule has 2 N–H and O–H groups in total. The van der Waals surface area contributed by atoms with Gasteiger partial charge in [0.25, 0.3) is 0 Å². The summed E-state index contributed by atoms with van der Waals surface area (Å²) in [5, 5.41) is 8.38. The van der Waals surface area contributed by atoms with Gasteiger partial charge in [0, 0.05) is 32.3 Å². The Morgan fingerprint density at radius 3 is 3.06 bits per heavy atom. The number of aryl methyl sites for hydroxylation is 2. The highest BCUT2D eigenvalue weighted by Crippen LogP contribution is 2.20. The molecule has 1 atom stereocenters. The van der Waals surface area contributed by atoms with Crippen molar-refractivity contribution < 1.29 is 0 Å². The Balaban J connectivity index is 2.06. The average Bonchev–Trinajstić information content (AvgIpc) is 2.83. The Morgan fingerprint density at radius 2 is 2.31 bits per heavy atom. The Kier molecular flexibility index (Phi) is 2.03. The second-order valence-corrected chi connectivity index (χ2v) is 4.27. The second kappa shape index (κ2) is 3.41. The molecule has 1 unspecified atom stereocenters. The van der Waals surface area contributed by atoms with Crippen LogP contribution < -0.4 is 5.73 Å². The lowest BCUT2D eigenvalue weighted by Gasteiger charge is -2.20. The first-order valence-electron chi connectivity index (χ1n) is 5.40. The lowest BCUT2D eigenvalue weighted by molar-refractivity contribution is 0.456. The number of aromatic nitrogens is 5. The molecule has 2 aromatic heterocycles. The highest BCUT2D eigenvalue weighted by Gasteiger charge is 2.21. The molecule has 0 saturated carbocycles. The molecule has 3 heterocycles. The highest BCUT2D eigenvalue weighted by atomic mass is 15.3. The number of fused-ring (bicyclic) bond motifs is 1. The molecule has 1 aliphatic rings. The van der Waals surface area contributed by atoms with Crippen LogP contribution in [-0.2, 0) is 20.0 Å². The Hall–Kier alpha value is -1.69. The summed E-state index contributed by atoms with van der Waals surface area (Å²) in [5.74, 6) is 1.84. The van der Waals surface area contributed by atoms with Gasteiger partial charge in [0.2, 0.25) is 0 Å². The van der Waals surface area contributed by atoms with E-state index in [9.17, 15) is 0 Å². The summed E-state index contributed by atoms with van der Waals surface area (Å²) in [4.78, 5) is 4.29. The van der Waals surface area contributed by atoms with Crippen LogP contribution in [-0.4, -0.2) is 30.4 Å². The molecule has 0 saturated heterocycles. The van der Waals surface area contributed by atoms with Gasteiger partial charge in [-0.1, -0.05) is 0 Å². The quantitative estimate of drug-likeness (QED) is 0.728. The molecule has 0 aliphatic carbocycles. The number of hydrogen-bond acceptors (Lipinski definition) is 4. The van der Waals surface area contributed by atoms with Gasteiger partial charge in [-0.05, 0) is 6.42 Å². The second-order valence-electron chi connectivity index (χ2n) is 4.27. The van der Waals surface area contributed by atoms with Crippen LogP contribution in [0.2, 0.25) is 0 Å². The van der Waals surface area contributed by atoms with E-state index in [2.05, 4.69) is 19.7 Å². The van der Waals surface area contributed by atoms with Crippen molar-refractivity contribution >= 4 is 0 Å². The minimum absolute atomic E-state index is 0.200. The molecule has 3 rings (SSSR count). The molecule has 1 aliphatic heterocycles. The maximum absolute atomic E-state index is 5.96. The van der Waals surface area contributed by atoms with Crippen LogP contribution in [0.4, 0.5) is 0 Å². The van der Waals surface area contributed by atoms with E-state index in [-0.39, 0.29) is 6.04 Å². The lowest BCUT2D eigenvalue weighted by atomic mass is 10.1. The maximum atomic E-state index is 5.96. The fraction of sp³-hybridized carbons (Fsp3) is 0.500. The summed E-state index contributed by atoms with van der Waals surface area (Å²) in [6.45, 7) is 0.786. The van der Waals surface area contributed by atoms with Crippen LogP contribution in [0.15, 0.2) is 12.5 Å². The van der Waals surface area contributed by atoms with Gasteiger partial charge in [-0.15, -0.1) is 10.2 Å². The molecular weight excluding hydrogens is 204 g/mol. The van der Waals surface area contributed by atoms with E-state index in [1.165, 1.54) is 0 Å². The molecule has 2 aromatic rings. The third-order valence-electron chi connectivity index (χ3n) is 2.92. The third kappa shape index (κ3) is 1.42. The largest absolute Gasteiger partial charge is 0.340 e. The van der Waals surface area contributed by atoms with Crippen LogP contribution >= 0.6 is 0 Å². The fourth-order valence-electron chi connectivity index (χ4n) is 2.07. The molecule has 16 heavy (non-hydrogen) atoms. The summed E-state index contributed by atoms with van der Waals surface area (Å²) < 4.78 is 3.98. The maximum Gasteiger partial charge on any atom is 0.184 e. The van der Waals surface area contributed by atoms with Crippen molar-refractivity contribution in [3.05, 3.63) is 18.3 Å². The summed E-state index contributed by atoms with van der Waals surface area (Å²) in [7, 11) is 1.94. The highest BCUT2D eigenvalue weighted by molar-refractivity contribution is 5.48. The number of hydrogen-bond donors (Lipinski definition) is 1. The van der Waals surface area contributed by atoms with E-state index in [1.807, 2.05) is 17.8 Å². The van der Waals surface area contributed by atoms with E-state index in [1.54, 1.807) is 6.33 Å². The van der Waals surface area contributed by atoms with Gasteiger partial charge in [0.1, 0.15) is 11.5 Å². The molecular formula is C10H14N6. The Labute approximate surface area is 93.1 Å². The molecule has 0 fully saturated rings. The molecule has 0 amide bonds. The first kappa shape index (κ1) is 9.53. The van der Waals surface area contributed by atoms with E-state index < -0.39 is 0 Å².